The van der Waals surface area contributed by atoms with Crippen LogP contribution in [0.4, 0.5) is 0 Å². The minimum Gasteiger partial charge on any atom is -0.393 e. The van der Waals surface area contributed by atoms with Crippen molar-refractivity contribution in [2.45, 2.75) is 90.4 Å². The van der Waals surface area contributed by atoms with Gasteiger partial charge >= 0.3 is 0 Å². The molecule has 28 heavy (non-hydrogen) atoms. The molecule has 1 N–H and O–H groups in total. The molecule has 0 saturated heterocycles. The van der Waals surface area contributed by atoms with Crippen molar-refractivity contribution >= 4 is 0 Å². The second-order valence-corrected chi connectivity index (χ2v) is 11.0. The zero-order chi connectivity index (χ0) is 19.4. The van der Waals surface area contributed by atoms with E-state index in [4.69, 9.17) is 4.74 Å². The standard InChI is InChI=1S/C26H38O2/c1-25-14-12-20(28-17-18-6-4-3-5-7-18)16-19(25)8-9-21-22-10-11-24(27)26(22,2)15-13-23(21)25/h3-7,19-24,27H,8-17H2,1-2H3/t19-,20-,21?,22?,23?,24-,25-,26-/m0/s1. The Morgan fingerprint density at radius 1 is 0.893 bits per heavy atom. The van der Waals surface area contributed by atoms with E-state index in [0.29, 0.717) is 11.5 Å². The lowest BCUT2D eigenvalue weighted by molar-refractivity contribution is -0.142. The molecular weight excluding hydrogens is 344 g/mol. The highest BCUT2D eigenvalue weighted by molar-refractivity contribution is 5.14. The lowest BCUT2D eigenvalue weighted by Crippen LogP contribution is -2.54. The van der Waals surface area contributed by atoms with Crippen molar-refractivity contribution in [1.82, 2.24) is 0 Å². The van der Waals surface area contributed by atoms with Gasteiger partial charge < -0.3 is 9.84 Å². The van der Waals surface area contributed by atoms with Crippen molar-refractivity contribution in [2.24, 2.45) is 34.5 Å². The third-order valence-corrected chi connectivity index (χ3v) is 9.90. The average Bonchev–Trinajstić information content (AvgIpc) is 3.02. The lowest BCUT2D eigenvalue weighted by Gasteiger charge is -2.60. The minimum absolute atomic E-state index is 0.0499. The lowest BCUT2D eigenvalue weighted by atomic mass is 9.45. The molecule has 0 aliphatic heterocycles. The van der Waals surface area contributed by atoms with Gasteiger partial charge in [0.1, 0.15) is 0 Å². The van der Waals surface area contributed by atoms with E-state index in [0.717, 1.165) is 36.7 Å². The van der Waals surface area contributed by atoms with Gasteiger partial charge in [-0.05, 0) is 97.9 Å². The number of benzene rings is 1. The molecule has 4 aliphatic rings. The van der Waals surface area contributed by atoms with Crippen molar-refractivity contribution in [3.63, 3.8) is 0 Å². The molecule has 4 aliphatic carbocycles. The number of aliphatic hydroxyl groups excluding tert-OH is 1. The summed E-state index contributed by atoms with van der Waals surface area (Å²) in [6.45, 7) is 5.78. The summed E-state index contributed by atoms with van der Waals surface area (Å²) in [5, 5.41) is 10.6. The molecule has 3 unspecified atom stereocenters. The molecular formula is C26H38O2. The maximum absolute atomic E-state index is 10.6. The highest BCUT2D eigenvalue weighted by Crippen LogP contribution is 2.66. The summed E-state index contributed by atoms with van der Waals surface area (Å²) in [7, 11) is 0. The molecule has 154 valence electrons. The summed E-state index contributed by atoms with van der Waals surface area (Å²) in [6.07, 6.45) is 11.9. The van der Waals surface area contributed by atoms with Gasteiger partial charge in [0, 0.05) is 0 Å². The fraction of sp³-hybridized carbons (Fsp3) is 0.769. The Labute approximate surface area is 171 Å². The van der Waals surface area contributed by atoms with Gasteiger partial charge in [-0.15, -0.1) is 0 Å². The number of hydrogen-bond acceptors (Lipinski definition) is 2. The number of aliphatic hydroxyl groups is 1. The topological polar surface area (TPSA) is 29.5 Å². The van der Waals surface area contributed by atoms with Gasteiger partial charge in [-0.2, -0.15) is 0 Å². The van der Waals surface area contributed by atoms with E-state index in [-0.39, 0.29) is 11.5 Å². The molecule has 2 heteroatoms. The van der Waals surface area contributed by atoms with Gasteiger partial charge in [0.15, 0.2) is 0 Å². The average molecular weight is 383 g/mol. The van der Waals surface area contributed by atoms with Crippen LogP contribution in [-0.2, 0) is 11.3 Å². The first-order chi connectivity index (χ1) is 13.5. The summed E-state index contributed by atoms with van der Waals surface area (Å²) >= 11 is 0. The van der Waals surface area contributed by atoms with Crippen molar-refractivity contribution in [2.75, 3.05) is 0 Å². The maximum Gasteiger partial charge on any atom is 0.0720 e. The van der Waals surface area contributed by atoms with Crippen LogP contribution in [0.25, 0.3) is 0 Å². The minimum atomic E-state index is -0.0499. The first kappa shape index (κ1) is 19.1. The van der Waals surface area contributed by atoms with Crippen LogP contribution in [0.2, 0.25) is 0 Å². The van der Waals surface area contributed by atoms with Crippen LogP contribution < -0.4 is 0 Å². The molecule has 0 radical (unpaired) electrons. The third-order valence-electron chi connectivity index (χ3n) is 9.90. The van der Waals surface area contributed by atoms with Gasteiger partial charge in [0.2, 0.25) is 0 Å². The summed E-state index contributed by atoms with van der Waals surface area (Å²) in [6, 6.07) is 10.6. The molecule has 1 aromatic rings. The number of fused-ring (bicyclic) bond motifs is 5. The molecule has 1 aromatic carbocycles. The summed E-state index contributed by atoms with van der Waals surface area (Å²) in [5.41, 5.74) is 2.01. The summed E-state index contributed by atoms with van der Waals surface area (Å²) in [5.74, 6) is 3.34. The largest absolute Gasteiger partial charge is 0.393 e. The Morgan fingerprint density at radius 3 is 2.46 bits per heavy atom. The highest BCUT2D eigenvalue weighted by Gasteiger charge is 2.60. The molecule has 2 nitrogen and oxygen atoms in total. The Kier molecular flexibility index (Phi) is 4.87. The highest BCUT2D eigenvalue weighted by atomic mass is 16.5. The van der Waals surface area contributed by atoms with Gasteiger partial charge in [-0.1, -0.05) is 44.2 Å². The molecule has 4 fully saturated rings. The van der Waals surface area contributed by atoms with Gasteiger partial charge in [0.25, 0.3) is 0 Å². The van der Waals surface area contributed by atoms with Crippen LogP contribution >= 0.6 is 0 Å². The van der Waals surface area contributed by atoms with Crippen LogP contribution in [0.3, 0.4) is 0 Å². The normalized spacial score (nSPS) is 47.8. The molecule has 5 rings (SSSR count). The Morgan fingerprint density at radius 2 is 1.64 bits per heavy atom. The third kappa shape index (κ3) is 2.98. The van der Waals surface area contributed by atoms with Crippen LogP contribution in [0.5, 0.6) is 0 Å². The predicted octanol–water partition coefficient (Wildman–Crippen LogP) is 5.98. The SMILES string of the molecule is C[C@]12CCC3C(CC[C@H]4C[C@@H](OCc5ccccc5)CC[C@]34C)C1CC[C@@H]2O. The molecule has 0 bridgehead atoms. The molecule has 0 spiro atoms. The monoisotopic (exact) mass is 382 g/mol. The molecule has 0 aromatic heterocycles. The van der Waals surface area contributed by atoms with Crippen LogP contribution in [0.15, 0.2) is 30.3 Å². The number of rotatable bonds is 3. The van der Waals surface area contributed by atoms with E-state index in [9.17, 15) is 5.11 Å². The van der Waals surface area contributed by atoms with Crippen molar-refractivity contribution in [1.29, 1.82) is 0 Å². The summed E-state index contributed by atoms with van der Waals surface area (Å²) < 4.78 is 6.37. The van der Waals surface area contributed by atoms with Crippen LogP contribution in [-0.4, -0.2) is 17.3 Å². The van der Waals surface area contributed by atoms with Gasteiger partial charge in [0.05, 0.1) is 18.8 Å². The van der Waals surface area contributed by atoms with E-state index < -0.39 is 0 Å². The molecule has 0 heterocycles. The molecule has 0 amide bonds. The Hall–Kier alpha value is -0.860. The van der Waals surface area contributed by atoms with Crippen molar-refractivity contribution < 1.29 is 9.84 Å². The summed E-state index contributed by atoms with van der Waals surface area (Å²) in [4.78, 5) is 0. The van der Waals surface area contributed by atoms with Gasteiger partial charge in [-0.3, -0.25) is 0 Å². The van der Waals surface area contributed by atoms with Crippen LogP contribution in [0, 0.1) is 34.5 Å². The van der Waals surface area contributed by atoms with E-state index in [1.165, 1.54) is 56.9 Å². The van der Waals surface area contributed by atoms with Crippen LogP contribution in [0.1, 0.15) is 77.2 Å². The first-order valence-electron chi connectivity index (χ1n) is 11.8. The number of ether oxygens (including phenoxy) is 1. The zero-order valence-corrected chi connectivity index (χ0v) is 17.8. The second kappa shape index (κ2) is 7.13. The second-order valence-electron chi connectivity index (χ2n) is 11.0. The maximum atomic E-state index is 10.6. The van der Waals surface area contributed by atoms with E-state index in [2.05, 4.69) is 44.2 Å². The zero-order valence-electron chi connectivity index (χ0n) is 17.8. The Balaban J connectivity index is 1.26. The fourth-order valence-electron chi connectivity index (χ4n) is 8.13. The molecule has 4 saturated carbocycles. The molecule has 8 atom stereocenters. The fourth-order valence-corrected chi connectivity index (χ4v) is 8.13. The Bertz CT molecular complexity index is 687. The van der Waals surface area contributed by atoms with E-state index >= 15 is 0 Å². The quantitative estimate of drug-likeness (QED) is 0.697. The van der Waals surface area contributed by atoms with Crippen molar-refractivity contribution in [3.05, 3.63) is 35.9 Å². The first-order valence-corrected chi connectivity index (χ1v) is 11.8. The smallest absolute Gasteiger partial charge is 0.0720 e. The van der Waals surface area contributed by atoms with E-state index in [1.807, 2.05) is 0 Å². The van der Waals surface area contributed by atoms with Gasteiger partial charge in [-0.25, -0.2) is 0 Å². The predicted molar refractivity (Wildman–Crippen MR) is 113 cm³/mol. The van der Waals surface area contributed by atoms with Crippen molar-refractivity contribution in [3.8, 4) is 0 Å². The van der Waals surface area contributed by atoms with E-state index in [1.54, 1.807) is 0 Å². The number of hydrogen-bond donors (Lipinski definition) is 1.